The molecule has 3 aromatic rings. The predicted octanol–water partition coefficient (Wildman–Crippen LogP) is 4.36. The summed E-state index contributed by atoms with van der Waals surface area (Å²) in [6.45, 7) is 9.10. The van der Waals surface area contributed by atoms with Crippen LogP contribution in [-0.2, 0) is 33.0 Å². The quantitative estimate of drug-likeness (QED) is 0.113. The number of anilines is 3. The fourth-order valence-corrected chi connectivity index (χ4v) is 6.96. The first-order valence-corrected chi connectivity index (χ1v) is 18.0. The van der Waals surface area contributed by atoms with Crippen LogP contribution in [0.3, 0.4) is 0 Å². The number of unbranched alkanes of at least 4 members (excludes halogenated alkanes) is 1. The summed E-state index contributed by atoms with van der Waals surface area (Å²) < 4.78 is 5.77. The molecule has 3 amide bonds. The topological polar surface area (TPSA) is 143 Å². The molecule has 0 aliphatic carbocycles. The zero-order valence-corrected chi connectivity index (χ0v) is 30.0. The number of nitrogens with zero attached hydrogens (tertiary/aromatic N) is 3. The zero-order chi connectivity index (χ0) is 37.3. The molecular weight excluding hydrogens is 660 g/mol. The highest BCUT2D eigenvalue weighted by molar-refractivity contribution is 6.10. The molecule has 1 unspecified atom stereocenters. The Bertz CT molecular complexity index is 1760. The second-order valence-corrected chi connectivity index (χ2v) is 13.2. The SMILES string of the molecule is C=CCN1C(=O)[C@](O)([C@H](C)/C=C/CC(=O)N(CCO)Cc2ccccc2)c2cc(N3C(=O)C(NCCCCO)Cc4cc(OCC)ccc43)ccc21. The van der Waals surface area contributed by atoms with E-state index < -0.39 is 23.5 Å². The highest BCUT2D eigenvalue weighted by Gasteiger charge is 2.52. The molecule has 2 aliphatic heterocycles. The smallest absolute Gasteiger partial charge is 0.264 e. The van der Waals surface area contributed by atoms with Gasteiger partial charge in [-0.25, -0.2) is 0 Å². The van der Waals surface area contributed by atoms with E-state index in [1.54, 1.807) is 53.2 Å². The normalized spacial score (nSPS) is 18.8. The molecule has 276 valence electrons. The summed E-state index contributed by atoms with van der Waals surface area (Å²) in [5.74, 6) is -0.954. The Balaban J connectivity index is 1.46. The first kappa shape index (κ1) is 38.4. The number of hydrogen-bond donors (Lipinski definition) is 4. The van der Waals surface area contributed by atoms with E-state index in [0.717, 1.165) is 11.1 Å². The van der Waals surface area contributed by atoms with Gasteiger partial charge in [0.1, 0.15) is 5.75 Å². The lowest BCUT2D eigenvalue weighted by atomic mass is 9.82. The molecule has 52 heavy (non-hydrogen) atoms. The molecule has 11 heteroatoms. The van der Waals surface area contributed by atoms with Crippen LogP contribution >= 0.6 is 0 Å². The van der Waals surface area contributed by atoms with E-state index in [-0.39, 0.29) is 44.5 Å². The van der Waals surface area contributed by atoms with Gasteiger partial charge < -0.3 is 35.2 Å². The van der Waals surface area contributed by atoms with Crippen molar-refractivity contribution < 1.29 is 34.4 Å². The Morgan fingerprint density at radius 1 is 1.08 bits per heavy atom. The first-order chi connectivity index (χ1) is 25.2. The molecule has 4 N–H and O–H groups in total. The summed E-state index contributed by atoms with van der Waals surface area (Å²) in [6.07, 6.45) is 6.72. The van der Waals surface area contributed by atoms with Crippen LogP contribution in [0.5, 0.6) is 5.75 Å². The van der Waals surface area contributed by atoms with Gasteiger partial charge in [-0.15, -0.1) is 6.58 Å². The monoisotopic (exact) mass is 710 g/mol. The molecule has 0 aromatic heterocycles. The molecule has 0 radical (unpaired) electrons. The van der Waals surface area contributed by atoms with Gasteiger partial charge in [0, 0.05) is 49.8 Å². The summed E-state index contributed by atoms with van der Waals surface area (Å²) in [5, 5.41) is 34.6. The van der Waals surface area contributed by atoms with E-state index in [0.29, 0.717) is 67.3 Å². The van der Waals surface area contributed by atoms with Crippen molar-refractivity contribution in [2.45, 2.75) is 57.7 Å². The second-order valence-electron chi connectivity index (χ2n) is 13.2. The molecule has 3 aromatic carbocycles. The fraction of sp³-hybridized carbons (Fsp3) is 0.390. The summed E-state index contributed by atoms with van der Waals surface area (Å²) in [4.78, 5) is 46.1. The maximum Gasteiger partial charge on any atom is 0.264 e. The van der Waals surface area contributed by atoms with E-state index >= 15 is 0 Å². The highest BCUT2D eigenvalue weighted by atomic mass is 16.5. The third-order valence-corrected chi connectivity index (χ3v) is 9.66. The molecule has 0 spiro atoms. The van der Waals surface area contributed by atoms with E-state index in [1.807, 2.05) is 55.5 Å². The minimum absolute atomic E-state index is 0.0141. The summed E-state index contributed by atoms with van der Waals surface area (Å²) in [6, 6.07) is 19.8. The molecule has 0 fully saturated rings. The van der Waals surface area contributed by atoms with Crippen molar-refractivity contribution in [2.24, 2.45) is 5.92 Å². The van der Waals surface area contributed by atoms with Crippen molar-refractivity contribution in [1.29, 1.82) is 0 Å². The van der Waals surface area contributed by atoms with Gasteiger partial charge in [0.05, 0.1) is 30.6 Å². The van der Waals surface area contributed by atoms with Crippen LogP contribution in [-0.4, -0.2) is 83.4 Å². The molecular formula is C41H50N4O7. The zero-order valence-electron chi connectivity index (χ0n) is 30.0. The van der Waals surface area contributed by atoms with Gasteiger partial charge in [0.2, 0.25) is 11.8 Å². The number of nitrogens with one attached hydrogen (secondary N) is 1. The Morgan fingerprint density at radius 3 is 2.56 bits per heavy atom. The van der Waals surface area contributed by atoms with Crippen molar-refractivity contribution in [3.63, 3.8) is 0 Å². The second kappa shape index (κ2) is 17.6. The van der Waals surface area contributed by atoms with Crippen molar-refractivity contribution >= 4 is 34.8 Å². The van der Waals surface area contributed by atoms with Crippen molar-refractivity contribution in [1.82, 2.24) is 10.2 Å². The number of carbonyl (C=O) groups excluding carboxylic acids is 3. The number of fused-ring (bicyclic) bond motifs is 2. The molecule has 0 saturated heterocycles. The number of benzene rings is 3. The first-order valence-electron chi connectivity index (χ1n) is 18.0. The van der Waals surface area contributed by atoms with E-state index in [2.05, 4.69) is 11.9 Å². The maximum absolute atomic E-state index is 14.2. The maximum atomic E-state index is 14.2. The van der Waals surface area contributed by atoms with E-state index in [4.69, 9.17) is 4.74 Å². The Hall–Kier alpha value is -4.81. The molecule has 5 rings (SSSR count). The molecule has 2 heterocycles. The third kappa shape index (κ3) is 8.13. The van der Waals surface area contributed by atoms with Crippen molar-refractivity contribution in [3.8, 4) is 5.75 Å². The van der Waals surface area contributed by atoms with Crippen molar-refractivity contribution in [3.05, 3.63) is 108 Å². The van der Waals surface area contributed by atoms with E-state index in [1.165, 1.54) is 4.90 Å². The van der Waals surface area contributed by atoms with Crippen LogP contribution in [0.4, 0.5) is 17.1 Å². The summed E-state index contributed by atoms with van der Waals surface area (Å²) >= 11 is 0. The molecule has 0 saturated carbocycles. The average molecular weight is 711 g/mol. The van der Waals surface area contributed by atoms with Crippen LogP contribution in [0.15, 0.2) is 91.5 Å². The van der Waals surface area contributed by atoms with Gasteiger partial charge in [-0.1, -0.05) is 55.5 Å². The number of hydrogen-bond acceptors (Lipinski definition) is 8. The Morgan fingerprint density at radius 2 is 1.85 bits per heavy atom. The van der Waals surface area contributed by atoms with Crippen LogP contribution in [0.25, 0.3) is 0 Å². The Labute approximate surface area is 305 Å². The number of rotatable bonds is 18. The van der Waals surface area contributed by atoms with Crippen LogP contribution in [0.1, 0.15) is 49.8 Å². The van der Waals surface area contributed by atoms with Crippen molar-refractivity contribution in [2.75, 3.05) is 49.3 Å². The number of amides is 3. The number of aliphatic hydroxyl groups excluding tert-OH is 2. The molecule has 11 nitrogen and oxygen atoms in total. The number of carbonyl (C=O) groups is 3. The average Bonchev–Trinajstić information content (AvgIpc) is 3.36. The van der Waals surface area contributed by atoms with Crippen LogP contribution < -0.4 is 19.9 Å². The molecule has 0 bridgehead atoms. The number of aliphatic hydroxyl groups is 3. The molecule has 3 atom stereocenters. The van der Waals surface area contributed by atoms with Gasteiger partial charge in [-0.05, 0) is 80.3 Å². The lowest BCUT2D eigenvalue weighted by Gasteiger charge is -2.35. The van der Waals surface area contributed by atoms with Gasteiger partial charge >= 0.3 is 0 Å². The fourth-order valence-electron chi connectivity index (χ4n) is 6.96. The molecule has 2 aliphatic rings. The predicted molar refractivity (Wildman–Crippen MR) is 201 cm³/mol. The lowest BCUT2D eigenvalue weighted by molar-refractivity contribution is -0.139. The van der Waals surface area contributed by atoms with Gasteiger partial charge in [-0.2, -0.15) is 0 Å². The summed E-state index contributed by atoms with van der Waals surface area (Å²) in [7, 11) is 0. The minimum atomic E-state index is -1.99. The highest BCUT2D eigenvalue weighted by Crippen LogP contribution is 2.48. The minimum Gasteiger partial charge on any atom is -0.494 e. The largest absolute Gasteiger partial charge is 0.494 e. The summed E-state index contributed by atoms with van der Waals surface area (Å²) in [5.41, 5.74) is 1.90. The Kier molecular flexibility index (Phi) is 13.0. The van der Waals surface area contributed by atoms with Gasteiger partial charge in [0.15, 0.2) is 5.60 Å². The van der Waals surface area contributed by atoms with Crippen LogP contribution in [0, 0.1) is 5.92 Å². The van der Waals surface area contributed by atoms with Crippen LogP contribution in [0.2, 0.25) is 0 Å². The third-order valence-electron chi connectivity index (χ3n) is 9.66. The van der Waals surface area contributed by atoms with Gasteiger partial charge in [-0.3, -0.25) is 19.3 Å². The standard InChI is InChI=1S/C41H50N4O7/c1-4-21-44-37-18-16-32(45-36-19-17-33(52-5-2)25-31(36)26-35(39(45)49)42-20-9-10-23-46)27-34(37)41(51,40(44)50)29(3)12-11-15-38(48)43(22-24-47)28-30-13-7-6-8-14-30/h4,6-8,11-14,16-19,25,27,29,35,42,46-47,51H,1,5,9-10,15,20-24,26,28H2,2-3H3/b12-11+/t29-,35?,41+/m1/s1. The lowest BCUT2D eigenvalue weighted by Crippen LogP contribution is -2.49. The van der Waals surface area contributed by atoms with Gasteiger partial charge in [0.25, 0.3) is 5.91 Å². The number of ether oxygens (including phenoxy) is 1. The van der Waals surface area contributed by atoms with E-state index in [9.17, 15) is 29.7 Å².